The van der Waals surface area contributed by atoms with Gasteiger partial charge in [-0.2, -0.15) is 0 Å². The van der Waals surface area contributed by atoms with Gasteiger partial charge in [-0.25, -0.2) is 12.7 Å². The molecule has 2 aliphatic rings. The number of carbonyl (C=O) groups is 1. The maximum absolute atomic E-state index is 12.2. The molecule has 0 aromatic rings. The van der Waals surface area contributed by atoms with Crippen molar-refractivity contribution in [1.29, 1.82) is 0 Å². The third-order valence-electron chi connectivity index (χ3n) is 4.66. The Balaban J connectivity index is 1.77. The highest BCUT2D eigenvalue weighted by molar-refractivity contribution is 7.88. The number of hydrogen-bond acceptors (Lipinski definition) is 3. The van der Waals surface area contributed by atoms with Gasteiger partial charge in [0.25, 0.3) is 0 Å². The van der Waals surface area contributed by atoms with Crippen molar-refractivity contribution in [2.45, 2.75) is 51.5 Å². The van der Waals surface area contributed by atoms with Crippen LogP contribution in [0.15, 0.2) is 0 Å². The van der Waals surface area contributed by atoms with Gasteiger partial charge in [0, 0.05) is 25.0 Å². The lowest BCUT2D eigenvalue weighted by Crippen LogP contribution is -2.45. The molecule has 0 aromatic heterocycles. The highest BCUT2D eigenvalue weighted by Gasteiger charge is 2.30. The molecule has 6 heteroatoms. The van der Waals surface area contributed by atoms with Gasteiger partial charge in [-0.1, -0.05) is 6.92 Å². The van der Waals surface area contributed by atoms with Crippen molar-refractivity contribution in [1.82, 2.24) is 9.62 Å². The van der Waals surface area contributed by atoms with E-state index in [2.05, 4.69) is 12.2 Å². The molecule has 0 radical (unpaired) electrons. The van der Waals surface area contributed by atoms with Crippen molar-refractivity contribution >= 4 is 15.9 Å². The van der Waals surface area contributed by atoms with Gasteiger partial charge in [0.2, 0.25) is 15.9 Å². The summed E-state index contributed by atoms with van der Waals surface area (Å²) in [7, 11) is -3.11. The van der Waals surface area contributed by atoms with Crippen LogP contribution in [0.4, 0.5) is 0 Å². The summed E-state index contributed by atoms with van der Waals surface area (Å²) in [6.07, 6.45) is 7.06. The fourth-order valence-corrected chi connectivity index (χ4v) is 4.05. The van der Waals surface area contributed by atoms with E-state index < -0.39 is 10.0 Å². The maximum Gasteiger partial charge on any atom is 0.223 e. The Bertz CT molecular complexity index is 433. The van der Waals surface area contributed by atoms with Gasteiger partial charge in [-0.15, -0.1) is 0 Å². The average molecular weight is 302 g/mol. The average Bonchev–Trinajstić information content (AvgIpc) is 2.40. The standard InChI is InChI=1S/C14H26N2O3S/c1-11-3-5-13(6-4-11)15-14(17)12-7-9-16(10-8-12)20(2,18)19/h11-13H,3-10H2,1-2H3,(H,15,17). The second-order valence-corrected chi connectivity index (χ2v) is 8.38. The fourth-order valence-electron chi connectivity index (χ4n) is 3.17. The smallest absolute Gasteiger partial charge is 0.223 e. The maximum atomic E-state index is 12.2. The summed E-state index contributed by atoms with van der Waals surface area (Å²) in [5.74, 6) is 0.881. The van der Waals surface area contributed by atoms with Gasteiger partial charge in [0.05, 0.1) is 6.26 Å². The van der Waals surface area contributed by atoms with Gasteiger partial charge < -0.3 is 5.32 Å². The molecular weight excluding hydrogens is 276 g/mol. The normalized spacial score (nSPS) is 30.1. The Morgan fingerprint density at radius 2 is 1.60 bits per heavy atom. The number of rotatable bonds is 3. The van der Waals surface area contributed by atoms with Crippen LogP contribution in [-0.2, 0) is 14.8 Å². The molecule has 0 atom stereocenters. The summed E-state index contributed by atoms with van der Waals surface area (Å²) in [6.45, 7) is 3.20. The first kappa shape index (κ1) is 15.8. The molecule has 5 nitrogen and oxygen atoms in total. The van der Waals surface area contributed by atoms with Gasteiger partial charge in [-0.05, 0) is 44.4 Å². The third kappa shape index (κ3) is 4.19. The zero-order valence-corrected chi connectivity index (χ0v) is 13.3. The van der Waals surface area contributed by atoms with Crippen LogP contribution in [0.25, 0.3) is 0 Å². The van der Waals surface area contributed by atoms with Crippen LogP contribution in [0.1, 0.15) is 45.4 Å². The molecular formula is C14H26N2O3S. The second kappa shape index (κ2) is 6.43. The molecule has 1 saturated heterocycles. The molecule has 2 fully saturated rings. The van der Waals surface area contributed by atoms with E-state index in [-0.39, 0.29) is 11.8 Å². The lowest BCUT2D eigenvalue weighted by Gasteiger charge is -2.32. The van der Waals surface area contributed by atoms with Crippen LogP contribution in [0, 0.1) is 11.8 Å². The first-order valence-corrected chi connectivity index (χ1v) is 9.46. The van der Waals surface area contributed by atoms with Crippen LogP contribution >= 0.6 is 0 Å². The molecule has 1 saturated carbocycles. The number of piperidine rings is 1. The number of carbonyl (C=O) groups excluding carboxylic acids is 1. The molecule has 1 amide bonds. The van der Waals surface area contributed by atoms with Gasteiger partial charge in [0.15, 0.2) is 0 Å². The SMILES string of the molecule is CC1CCC(NC(=O)C2CCN(S(C)(=O)=O)CC2)CC1. The summed E-state index contributed by atoms with van der Waals surface area (Å²) in [6, 6.07) is 0.326. The summed E-state index contributed by atoms with van der Waals surface area (Å²) >= 11 is 0. The fraction of sp³-hybridized carbons (Fsp3) is 0.929. The molecule has 20 heavy (non-hydrogen) atoms. The topological polar surface area (TPSA) is 66.5 Å². The molecule has 0 aromatic carbocycles. The van der Waals surface area contributed by atoms with Crippen molar-refractivity contribution in [2.24, 2.45) is 11.8 Å². The van der Waals surface area contributed by atoms with Crippen molar-refractivity contribution in [3.63, 3.8) is 0 Å². The van der Waals surface area contributed by atoms with Gasteiger partial charge in [-0.3, -0.25) is 4.79 Å². The first-order chi connectivity index (χ1) is 9.36. The summed E-state index contributed by atoms with van der Waals surface area (Å²) in [5, 5.41) is 3.16. The number of nitrogens with one attached hydrogen (secondary N) is 1. The molecule has 2 rings (SSSR count). The van der Waals surface area contributed by atoms with Gasteiger partial charge in [0.1, 0.15) is 0 Å². The second-order valence-electron chi connectivity index (χ2n) is 6.40. The molecule has 0 unspecified atom stereocenters. The Labute approximate surface area is 122 Å². The van der Waals surface area contributed by atoms with Crippen molar-refractivity contribution in [3.05, 3.63) is 0 Å². The molecule has 0 spiro atoms. The van der Waals surface area contributed by atoms with E-state index in [0.29, 0.717) is 32.0 Å². The monoisotopic (exact) mass is 302 g/mol. The first-order valence-electron chi connectivity index (χ1n) is 7.61. The molecule has 1 aliphatic carbocycles. The largest absolute Gasteiger partial charge is 0.353 e. The van der Waals surface area contributed by atoms with Crippen LogP contribution in [0.3, 0.4) is 0 Å². The van der Waals surface area contributed by atoms with E-state index in [9.17, 15) is 13.2 Å². The van der Waals surface area contributed by atoms with E-state index >= 15 is 0 Å². The van der Waals surface area contributed by atoms with E-state index in [1.807, 2.05) is 0 Å². The molecule has 1 aliphatic heterocycles. The minimum atomic E-state index is -3.11. The zero-order valence-electron chi connectivity index (χ0n) is 12.5. The minimum absolute atomic E-state index is 0.0210. The van der Waals surface area contributed by atoms with E-state index in [1.165, 1.54) is 23.4 Å². The third-order valence-corrected chi connectivity index (χ3v) is 5.96. The quantitative estimate of drug-likeness (QED) is 0.856. The Hall–Kier alpha value is -0.620. The Morgan fingerprint density at radius 3 is 2.10 bits per heavy atom. The van der Waals surface area contributed by atoms with E-state index in [0.717, 1.165) is 18.8 Å². The predicted octanol–water partition coefficient (Wildman–Crippen LogP) is 1.35. The summed E-state index contributed by atoms with van der Waals surface area (Å²) in [4.78, 5) is 12.2. The number of hydrogen-bond donors (Lipinski definition) is 1. The zero-order chi connectivity index (χ0) is 14.8. The Morgan fingerprint density at radius 1 is 1.05 bits per heavy atom. The molecule has 116 valence electrons. The highest BCUT2D eigenvalue weighted by atomic mass is 32.2. The number of amides is 1. The minimum Gasteiger partial charge on any atom is -0.353 e. The van der Waals surface area contributed by atoms with Crippen molar-refractivity contribution < 1.29 is 13.2 Å². The predicted molar refractivity (Wildman–Crippen MR) is 78.7 cm³/mol. The van der Waals surface area contributed by atoms with Crippen LogP contribution in [-0.4, -0.2) is 44.0 Å². The van der Waals surface area contributed by atoms with Crippen LogP contribution in [0.5, 0.6) is 0 Å². The highest BCUT2D eigenvalue weighted by Crippen LogP contribution is 2.25. The van der Waals surface area contributed by atoms with Crippen LogP contribution < -0.4 is 5.32 Å². The molecule has 1 heterocycles. The number of sulfonamides is 1. The molecule has 0 bridgehead atoms. The van der Waals surface area contributed by atoms with Crippen molar-refractivity contribution in [3.8, 4) is 0 Å². The van der Waals surface area contributed by atoms with Gasteiger partial charge >= 0.3 is 0 Å². The van der Waals surface area contributed by atoms with Crippen LogP contribution in [0.2, 0.25) is 0 Å². The van der Waals surface area contributed by atoms with E-state index in [1.54, 1.807) is 0 Å². The van der Waals surface area contributed by atoms with E-state index in [4.69, 9.17) is 0 Å². The van der Waals surface area contributed by atoms with Crippen molar-refractivity contribution in [2.75, 3.05) is 19.3 Å². The number of nitrogens with zero attached hydrogens (tertiary/aromatic N) is 1. The summed E-state index contributed by atoms with van der Waals surface area (Å²) in [5.41, 5.74) is 0. The lowest BCUT2D eigenvalue weighted by atomic mass is 9.87. The lowest BCUT2D eigenvalue weighted by molar-refractivity contribution is -0.127. The Kier molecular flexibility index (Phi) is 5.07. The summed E-state index contributed by atoms with van der Waals surface area (Å²) < 4.78 is 24.3. The molecule has 1 N–H and O–H groups in total.